The Balaban J connectivity index is 0.965. The molecule has 21 heteroatoms. The van der Waals surface area contributed by atoms with Crippen molar-refractivity contribution in [2.45, 2.75) is 203 Å². The normalized spacial score (nSPS) is 54.7. The fraction of sp³-hybridized carbons (Fsp3) is 0.957. The number of hydrogen-bond donors (Lipinski definition) is 9. The van der Waals surface area contributed by atoms with Crippen molar-refractivity contribution in [1.29, 1.82) is 0 Å². The lowest BCUT2D eigenvalue weighted by Gasteiger charge is -2.70. The number of fused-ring (bicyclic) bond motifs is 4. The highest BCUT2D eigenvalue weighted by Gasteiger charge is 2.81. The summed E-state index contributed by atoms with van der Waals surface area (Å²) in [6.45, 7) is 13.9. The maximum atomic E-state index is 12.2. The quantitative estimate of drug-likeness (QED) is 0.0771. The van der Waals surface area contributed by atoms with Crippen LogP contribution in [-0.2, 0) is 52.5 Å². The van der Waals surface area contributed by atoms with E-state index in [1.807, 2.05) is 20.8 Å². The summed E-state index contributed by atoms with van der Waals surface area (Å²) in [5, 5.41) is 87.4. The maximum Gasteiger partial charge on any atom is 0.397 e. The van der Waals surface area contributed by atoms with Crippen LogP contribution in [0.15, 0.2) is 11.6 Å². The minimum absolute atomic E-state index is 0.102. The van der Waals surface area contributed by atoms with Gasteiger partial charge in [-0.05, 0) is 93.3 Å². The van der Waals surface area contributed by atoms with Crippen LogP contribution < -0.4 is 0 Å². The standard InChI is InChI=1S/C46H74O20S/c1-21(2)14-22-15-44(7,54)37-23-8-9-28-42(5)12-11-29(41(3,4)27(42)10-13-43(28,6)45(23)19-46(37,66-22)59-20-45)63-40-36(65-38-33(52)30(49)25(16-47)61-38)35(24(48)17-58-40)64-39-34(53)32(51)31(50)26(62-39)18-60-67(55,56)57/h14,22-40,47-54H,8-13,15-20H2,1-7H3,(H,55,56,57)/t22-,23+,24-,25-,26+,27-,28+,29-,30-,31+,32-,33+,34+,35-,36+,37-,38-,39-,40-,42-,43+,44-,45-,46-/m0/s1. The molecule has 0 aromatic carbocycles. The molecule has 0 amide bonds. The zero-order valence-electron chi connectivity index (χ0n) is 39.5. The Kier molecular flexibility index (Phi) is 13.4. The number of aliphatic hydroxyl groups is 8. The van der Waals surface area contributed by atoms with Gasteiger partial charge in [-0.1, -0.05) is 39.3 Å². The van der Waals surface area contributed by atoms with Crippen molar-refractivity contribution in [1.82, 2.24) is 0 Å². The Bertz CT molecular complexity index is 1970. The van der Waals surface area contributed by atoms with E-state index in [2.05, 4.69) is 38.0 Å². The van der Waals surface area contributed by atoms with Crippen LogP contribution in [0.25, 0.3) is 0 Å². The Labute approximate surface area is 392 Å². The second kappa shape index (κ2) is 17.6. The van der Waals surface area contributed by atoms with Gasteiger partial charge in [0.15, 0.2) is 24.7 Å². The van der Waals surface area contributed by atoms with Gasteiger partial charge in [-0.3, -0.25) is 4.55 Å². The monoisotopic (exact) mass is 978 g/mol. The Morgan fingerprint density at radius 3 is 2.09 bits per heavy atom. The molecule has 2 spiro atoms. The van der Waals surface area contributed by atoms with Gasteiger partial charge in [-0.15, -0.1) is 0 Å². The van der Waals surface area contributed by atoms with E-state index in [0.29, 0.717) is 25.4 Å². The molecule has 4 saturated carbocycles. The summed E-state index contributed by atoms with van der Waals surface area (Å²) in [6, 6.07) is 0. The van der Waals surface area contributed by atoms with Crippen LogP contribution in [0, 0.1) is 45.3 Å². The Hall–Kier alpha value is -1.03. The lowest BCUT2D eigenvalue weighted by atomic mass is 9.35. The molecule has 67 heavy (non-hydrogen) atoms. The fourth-order valence-corrected chi connectivity index (χ4v) is 16.1. The largest absolute Gasteiger partial charge is 0.397 e. The first-order valence-corrected chi connectivity index (χ1v) is 25.5. The zero-order chi connectivity index (χ0) is 48.6. The molecule has 9 rings (SSSR count). The molecule has 0 aromatic rings. The number of ether oxygens (including phenoxy) is 8. The van der Waals surface area contributed by atoms with Crippen molar-refractivity contribution >= 4 is 10.4 Å². The maximum absolute atomic E-state index is 12.2. The van der Waals surface area contributed by atoms with Gasteiger partial charge in [-0.2, -0.15) is 8.42 Å². The van der Waals surface area contributed by atoms with Gasteiger partial charge in [0.1, 0.15) is 61.0 Å². The van der Waals surface area contributed by atoms with Crippen LogP contribution >= 0.6 is 0 Å². The van der Waals surface area contributed by atoms with Gasteiger partial charge in [-0.25, -0.2) is 4.18 Å². The molecule has 20 nitrogen and oxygen atoms in total. The Morgan fingerprint density at radius 1 is 0.776 bits per heavy atom. The van der Waals surface area contributed by atoms with Gasteiger partial charge in [0.05, 0.1) is 44.2 Å². The smallest absolute Gasteiger partial charge is 0.394 e. The molecule has 0 radical (unpaired) electrons. The van der Waals surface area contributed by atoms with Gasteiger partial charge in [0.25, 0.3) is 0 Å². The van der Waals surface area contributed by atoms with E-state index in [0.717, 1.165) is 44.1 Å². The number of rotatable bonds is 11. The van der Waals surface area contributed by atoms with Crippen molar-refractivity contribution in [3.05, 3.63) is 11.6 Å². The predicted molar refractivity (Wildman–Crippen MR) is 229 cm³/mol. The third-order valence-electron chi connectivity index (χ3n) is 18.6. The summed E-state index contributed by atoms with van der Waals surface area (Å²) < 4.78 is 86.8. The van der Waals surface area contributed by atoms with E-state index < -0.39 is 126 Å². The fourth-order valence-electron chi connectivity index (χ4n) is 15.8. The molecule has 384 valence electrons. The topological polar surface area (TPSA) is 299 Å². The molecule has 5 heterocycles. The van der Waals surface area contributed by atoms with E-state index in [-0.39, 0.29) is 46.7 Å². The second-order valence-corrected chi connectivity index (χ2v) is 24.1. The first-order valence-electron chi connectivity index (χ1n) is 24.1. The van der Waals surface area contributed by atoms with Crippen LogP contribution in [0.5, 0.6) is 0 Å². The van der Waals surface area contributed by atoms with Crippen molar-refractivity contribution < 1.29 is 95.9 Å². The summed E-state index contributed by atoms with van der Waals surface area (Å²) in [6.07, 6.45) is -13.4. The molecule has 5 saturated heterocycles. The van der Waals surface area contributed by atoms with Crippen LogP contribution in [0.2, 0.25) is 0 Å². The molecule has 0 aromatic heterocycles. The van der Waals surface area contributed by atoms with E-state index in [1.165, 1.54) is 0 Å². The average Bonchev–Trinajstić information content (AvgIpc) is 3.85. The van der Waals surface area contributed by atoms with Gasteiger partial charge in [0, 0.05) is 24.2 Å². The van der Waals surface area contributed by atoms with Gasteiger partial charge >= 0.3 is 10.4 Å². The van der Waals surface area contributed by atoms with Crippen molar-refractivity contribution in [2.75, 3.05) is 26.4 Å². The van der Waals surface area contributed by atoms with Crippen LogP contribution in [0.4, 0.5) is 0 Å². The van der Waals surface area contributed by atoms with Crippen LogP contribution in [-0.4, -0.2) is 184 Å². The van der Waals surface area contributed by atoms with E-state index in [9.17, 15) is 49.3 Å². The lowest BCUT2D eigenvalue weighted by Crippen LogP contribution is -2.67. The van der Waals surface area contributed by atoms with E-state index in [1.54, 1.807) is 0 Å². The van der Waals surface area contributed by atoms with Crippen LogP contribution in [0.1, 0.15) is 99.8 Å². The summed E-state index contributed by atoms with van der Waals surface area (Å²) in [5.41, 5.74) is -0.685. The van der Waals surface area contributed by atoms with Crippen molar-refractivity contribution in [3.8, 4) is 0 Å². The summed E-state index contributed by atoms with van der Waals surface area (Å²) in [4.78, 5) is 0. The molecule has 2 bridgehead atoms. The summed E-state index contributed by atoms with van der Waals surface area (Å²) in [5.74, 6) is -0.209. The summed E-state index contributed by atoms with van der Waals surface area (Å²) in [7, 11) is -5.01. The highest BCUT2D eigenvalue weighted by molar-refractivity contribution is 7.80. The average molecular weight is 979 g/mol. The van der Waals surface area contributed by atoms with Crippen molar-refractivity contribution in [3.63, 3.8) is 0 Å². The van der Waals surface area contributed by atoms with Crippen molar-refractivity contribution in [2.24, 2.45) is 45.3 Å². The highest BCUT2D eigenvalue weighted by Crippen LogP contribution is 2.80. The van der Waals surface area contributed by atoms with Crippen LogP contribution in [0.3, 0.4) is 0 Å². The second-order valence-electron chi connectivity index (χ2n) is 23.0. The third-order valence-corrected chi connectivity index (χ3v) is 19.0. The molecule has 4 aliphatic carbocycles. The predicted octanol–water partition coefficient (Wildman–Crippen LogP) is 0.433. The first-order chi connectivity index (χ1) is 31.2. The van der Waals surface area contributed by atoms with E-state index >= 15 is 0 Å². The number of hydrogen-bond acceptors (Lipinski definition) is 19. The Morgan fingerprint density at radius 2 is 1.43 bits per heavy atom. The third kappa shape index (κ3) is 8.23. The SMILES string of the molecule is CC(C)=C[C@H]1C[C@](C)(O)[C@@H]2[C@H]3CC[C@@H]4[C@@]5(C)CC[C@H](O[C@@H]6OC[C@H](O)[C@H](O[C@@H]7O[C@H](COS(=O)(=O)O)[C@@H](O)[C@H](O)[C@H]7O)[C@H]6O[C@@H]6O[C@@H](CO)[C@H](O)[C@H]6O)C(C)(C)[C@@H]5CC[C@@]4(C)[C@@]34CO[C@@]2(C4)O1. The number of aliphatic hydroxyl groups excluding tert-OH is 7. The first kappa shape index (κ1) is 50.9. The molecular formula is C46H74O20S. The molecule has 5 aliphatic heterocycles. The highest BCUT2D eigenvalue weighted by atomic mass is 32.3. The molecular weight excluding hydrogens is 905 g/mol. The zero-order valence-corrected chi connectivity index (χ0v) is 40.3. The van der Waals surface area contributed by atoms with Gasteiger partial charge < -0.3 is 78.7 Å². The molecule has 9 aliphatic rings. The lowest BCUT2D eigenvalue weighted by molar-refractivity contribution is -0.375. The molecule has 24 atom stereocenters. The minimum Gasteiger partial charge on any atom is -0.394 e. The minimum atomic E-state index is -5.01. The summed E-state index contributed by atoms with van der Waals surface area (Å²) >= 11 is 0. The molecule has 9 N–H and O–H groups in total. The van der Waals surface area contributed by atoms with Gasteiger partial charge in [0.2, 0.25) is 0 Å². The van der Waals surface area contributed by atoms with E-state index in [4.69, 9.17) is 42.4 Å². The molecule has 9 fully saturated rings. The number of allylic oxidation sites excluding steroid dienone is 1. The molecule has 0 unspecified atom stereocenters.